The summed E-state index contributed by atoms with van der Waals surface area (Å²) in [4.78, 5) is 12.4. The number of amides is 1. The van der Waals surface area contributed by atoms with Crippen LogP contribution < -0.4 is 20.1 Å². The van der Waals surface area contributed by atoms with Crippen LogP contribution in [0.1, 0.15) is 23.4 Å². The third kappa shape index (κ3) is 4.98. The highest BCUT2D eigenvalue weighted by Gasteiger charge is 2.14. The predicted molar refractivity (Wildman–Crippen MR) is 122 cm³/mol. The molecule has 0 saturated carbocycles. The van der Waals surface area contributed by atoms with Gasteiger partial charge in [-0.15, -0.1) is 15.3 Å². The summed E-state index contributed by atoms with van der Waals surface area (Å²) in [6, 6.07) is 16.9. The summed E-state index contributed by atoms with van der Waals surface area (Å²) in [6.07, 6.45) is 0.692. The van der Waals surface area contributed by atoms with Gasteiger partial charge in [0.2, 0.25) is 12.7 Å². The number of carbonyl (C=O) groups excluding carboxylic acids is 1. The molecule has 2 aromatic heterocycles. The molecular formula is C23H21ClN6O3. The van der Waals surface area contributed by atoms with Crippen LogP contribution in [0.5, 0.6) is 11.5 Å². The van der Waals surface area contributed by atoms with Crippen molar-refractivity contribution in [3.8, 4) is 11.5 Å². The van der Waals surface area contributed by atoms with E-state index in [-0.39, 0.29) is 19.1 Å². The first-order valence-electron chi connectivity index (χ1n) is 10.5. The first-order chi connectivity index (χ1) is 16.1. The highest BCUT2D eigenvalue weighted by atomic mass is 35.5. The van der Waals surface area contributed by atoms with Gasteiger partial charge in [-0.25, -0.2) is 0 Å². The van der Waals surface area contributed by atoms with Crippen LogP contribution in [0, 0.1) is 0 Å². The number of carbonyl (C=O) groups is 1. The summed E-state index contributed by atoms with van der Waals surface area (Å²) in [5, 5.41) is 19.8. The summed E-state index contributed by atoms with van der Waals surface area (Å²) >= 11 is 5.93. The Morgan fingerprint density at radius 1 is 0.970 bits per heavy atom. The van der Waals surface area contributed by atoms with Crippen molar-refractivity contribution in [2.75, 3.05) is 12.1 Å². The fourth-order valence-electron chi connectivity index (χ4n) is 3.44. The number of aryl methyl sites for hydroxylation is 1. The van der Waals surface area contributed by atoms with Crippen LogP contribution in [0.4, 0.5) is 5.82 Å². The van der Waals surface area contributed by atoms with Gasteiger partial charge in [0.25, 0.3) is 0 Å². The average Bonchev–Trinajstić information content (AvgIpc) is 3.47. The molecule has 9 nitrogen and oxygen atoms in total. The molecule has 0 spiro atoms. The lowest BCUT2D eigenvalue weighted by Gasteiger charge is -2.07. The van der Waals surface area contributed by atoms with Crippen molar-refractivity contribution in [2.24, 2.45) is 0 Å². The van der Waals surface area contributed by atoms with Gasteiger partial charge >= 0.3 is 0 Å². The highest BCUT2D eigenvalue weighted by Crippen LogP contribution is 2.32. The van der Waals surface area contributed by atoms with E-state index in [9.17, 15) is 4.79 Å². The maximum atomic E-state index is 12.4. The first-order valence-corrected chi connectivity index (χ1v) is 10.9. The normalized spacial score (nSPS) is 12.2. The molecule has 4 aromatic rings. The number of anilines is 1. The zero-order valence-corrected chi connectivity index (χ0v) is 18.4. The second kappa shape index (κ2) is 9.33. The van der Waals surface area contributed by atoms with E-state index in [4.69, 9.17) is 21.1 Å². The number of fused-ring (bicyclic) bond motifs is 2. The van der Waals surface area contributed by atoms with E-state index in [0.29, 0.717) is 47.6 Å². The zero-order valence-electron chi connectivity index (χ0n) is 17.6. The van der Waals surface area contributed by atoms with Crippen LogP contribution in [0.2, 0.25) is 5.02 Å². The lowest BCUT2D eigenvalue weighted by Crippen LogP contribution is -2.23. The molecule has 1 amide bonds. The van der Waals surface area contributed by atoms with Crippen LogP contribution in [-0.2, 0) is 24.3 Å². The lowest BCUT2D eigenvalue weighted by molar-refractivity contribution is -0.121. The molecule has 2 N–H and O–H groups in total. The Hall–Kier alpha value is -3.85. The van der Waals surface area contributed by atoms with Gasteiger partial charge in [-0.05, 0) is 47.5 Å². The Bertz CT molecular complexity index is 1290. The smallest absolute Gasteiger partial charge is 0.231 e. The highest BCUT2D eigenvalue weighted by molar-refractivity contribution is 6.30. The molecule has 10 heteroatoms. The van der Waals surface area contributed by atoms with Crippen molar-refractivity contribution in [1.29, 1.82) is 0 Å². The SMILES string of the molecule is O=C(CCc1nnc2ccc(NCc3ccc(Cl)cc3)nn12)NCc1ccc2c(c1)OCO2. The molecular weight excluding hydrogens is 444 g/mol. The summed E-state index contributed by atoms with van der Waals surface area (Å²) in [7, 11) is 0. The standard InChI is InChI=1S/C23H21ClN6O3/c24-17-4-1-15(2-5-17)12-25-20-7-8-21-27-28-22(30(21)29-20)9-10-23(31)26-13-16-3-6-18-19(11-16)33-14-32-18/h1-8,11H,9-10,12-14H2,(H,25,29)(H,26,31). The maximum absolute atomic E-state index is 12.4. The maximum Gasteiger partial charge on any atom is 0.231 e. The van der Waals surface area contributed by atoms with Crippen molar-refractivity contribution >= 4 is 29.0 Å². The molecule has 0 unspecified atom stereocenters. The summed E-state index contributed by atoms with van der Waals surface area (Å²) in [6.45, 7) is 1.24. The molecule has 168 valence electrons. The van der Waals surface area contributed by atoms with Crippen molar-refractivity contribution in [1.82, 2.24) is 25.1 Å². The van der Waals surface area contributed by atoms with Gasteiger partial charge in [-0.3, -0.25) is 4.79 Å². The number of hydrogen-bond acceptors (Lipinski definition) is 7. The second-order valence-electron chi connectivity index (χ2n) is 7.55. The van der Waals surface area contributed by atoms with Crippen LogP contribution in [-0.4, -0.2) is 32.5 Å². The van der Waals surface area contributed by atoms with E-state index >= 15 is 0 Å². The minimum absolute atomic E-state index is 0.0820. The van der Waals surface area contributed by atoms with Crippen molar-refractivity contribution in [3.63, 3.8) is 0 Å². The molecule has 3 heterocycles. The molecule has 0 fully saturated rings. The molecule has 1 aliphatic rings. The lowest BCUT2D eigenvalue weighted by atomic mass is 10.2. The van der Waals surface area contributed by atoms with E-state index in [2.05, 4.69) is 25.9 Å². The minimum atomic E-state index is -0.0820. The van der Waals surface area contributed by atoms with Crippen LogP contribution in [0.3, 0.4) is 0 Å². The van der Waals surface area contributed by atoms with Crippen LogP contribution in [0.15, 0.2) is 54.6 Å². The molecule has 0 atom stereocenters. The average molecular weight is 465 g/mol. The van der Waals surface area contributed by atoms with Gasteiger partial charge in [-0.1, -0.05) is 29.8 Å². The molecule has 5 rings (SSSR count). The fraction of sp³-hybridized carbons (Fsp3) is 0.217. The number of nitrogens with one attached hydrogen (secondary N) is 2. The number of hydrogen-bond donors (Lipinski definition) is 2. The second-order valence-corrected chi connectivity index (χ2v) is 7.99. The van der Waals surface area contributed by atoms with E-state index in [1.807, 2.05) is 54.6 Å². The molecule has 0 bridgehead atoms. The molecule has 0 aliphatic carbocycles. The molecule has 2 aromatic carbocycles. The van der Waals surface area contributed by atoms with Gasteiger partial charge < -0.3 is 20.1 Å². The van der Waals surface area contributed by atoms with Gasteiger partial charge in [0.1, 0.15) is 5.82 Å². The topological polar surface area (TPSA) is 103 Å². The Morgan fingerprint density at radius 3 is 2.67 bits per heavy atom. The number of rotatable bonds is 8. The number of nitrogens with zero attached hydrogens (tertiary/aromatic N) is 4. The molecule has 0 saturated heterocycles. The van der Waals surface area contributed by atoms with E-state index < -0.39 is 0 Å². The van der Waals surface area contributed by atoms with Crippen LogP contribution in [0.25, 0.3) is 5.65 Å². The molecule has 33 heavy (non-hydrogen) atoms. The Kier molecular flexibility index (Phi) is 5.95. The van der Waals surface area contributed by atoms with Crippen LogP contribution >= 0.6 is 11.6 Å². The van der Waals surface area contributed by atoms with E-state index in [0.717, 1.165) is 16.9 Å². The molecule has 1 aliphatic heterocycles. The Labute approximate surface area is 194 Å². The van der Waals surface area contributed by atoms with Crippen molar-refractivity contribution < 1.29 is 14.3 Å². The molecule has 0 radical (unpaired) electrons. The van der Waals surface area contributed by atoms with E-state index in [1.54, 1.807) is 4.52 Å². The van der Waals surface area contributed by atoms with Gasteiger partial charge in [0.05, 0.1) is 0 Å². The van der Waals surface area contributed by atoms with Crippen molar-refractivity contribution in [2.45, 2.75) is 25.9 Å². The fourth-order valence-corrected chi connectivity index (χ4v) is 3.57. The minimum Gasteiger partial charge on any atom is -0.454 e. The largest absolute Gasteiger partial charge is 0.454 e. The Balaban J connectivity index is 1.16. The monoisotopic (exact) mass is 464 g/mol. The zero-order chi connectivity index (χ0) is 22.6. The van der Waals surface area contributed by atoms with Gasteiger partial charge in [0, 0.05) is 31.0 Å². The quantitative estimate of drug-likeness (QED) is 0.412. The number of ether oxygens (including phenoxy) is 2. The van der Waals surface area contributed by atoms with Crippen molar-refractivity contribution in [3.05, 3.63) is 76.6 Å². The van der Waals surface area contributed by atoms with E-state index in [1.165, 1.54) is 0 Å². The number of aromatic nitrogens is 4. The number of benzene rings is 2. The Morgan fingerprint density at radius 2 is 1.79 bits per heavy atom. The summed E-state index contributed by atoms with van der Waals surface area (Å²) < 4.78 is 12.3. The summed E-state index contributed by atoms with van der Waals surface area (Å²) in [5.41, 5.74) is 2.66. The summed E-state index contributed by atoms with van der Waals surface area (Å²) in [5.74, 6) is 2.65. The van der Waals surface area contributed by atoms with Gasteiger partial charge in [0.15, 0.2) is 23.0 Å². The predicted octanol–water partition coefficient (Wildman–Crippen LogP) is 3.37. The third-order valence-electron chi connectivity index (χ3n) is 5.22. The first kappa shape index (κ1) is 21.0. The number of halogens is 1. The third-order valence-corrected chi connectivity index (χ3v) is 5.47. The van der Waals surface area contributed by atoms with Gasteiger partial charge in [-0.2, -0.15) is 4.52 Å².